The van der Waals surface area contributed by atoms with Crippen molar-refractivity contribution in [1.82, 2.24) is 10.2 Å². The van der Waals surface area contributed by atoms with Crippen molar-refractivity contribution in [3.05, 3.63) is 99.0 Å². The van der Waals surface area contributed by atoms with Gasteiger partial charge in [-0.2, -0.15) is 0 Å². The molecule has 0 radical (unpaired) electrons. The number of ether oxygens (including phenoxy) is 1. The number of nitrogens with one attached hydrogen (secondary N) is 1. The molecule has 3 aromatic carbocycles. The molecule has 190 valence electrons. The van der Waals surface area contributed by atoms with Crippen LogP contribution in [0.15, 0.2) is 72.8 Å². The molecule has 1 N–H and O–H groups in total. The lowest BCUT2D eigenvalue weighted by Crippen LogP contribution is -2.51. The number of nitrogens with zero attached hydrogens (tertiary/aromatic N) is 1. The van der Waals surface area contributed by atoms with E-state index in [9.17, 15) is 9.59 Å². The molecule has 0 saturated carbocycles. The number of halogens is 3. The molecule has 0 unspecified atom stereocenters. The Morgan fingerprint density at radius 2 is 1.69 bits per heavy atom. The molecule has 0 aliphatic rings. The van der Waals surface area contributed by atoms with Gasteiger partial charge in [-0.3, -0.25) is 9.59 Å². The third-order valence-corrected chi connectivity index (χ3v) is 6.57. The molecular weight excluding hydrogens is 519 g/mol. The molecule has 5 nitrogen and oxygen atoms in total. The highest BCUT2D eigenvalue weighted by Crippen LogP contribution is 2.24. The number of benzene rings is 3. The molecule has 36 heavy (non-hydrogen) atoms. The number of amides is 2. The first-order valence-corrected chi connectivity index (χ1v) is 12.9. The molecule has 1 atom stereocenters. The fraction of sp³-hybridized carbons (Fsp3) is 0.286. The quantitative estimate of drug-likeness (QED) is 0.261. The molecule has 0 spiro atoms. The van der Waals surface area contributed by atoms with E-state index >= 15 is 0 Å². The van der Waals surface area contributed by atoms with E-state index in [2.05, 4.69) is 12.2 Å². The van der Waals surface area contributed by atoms with Gasteiger partial charge in [0.15, 0.2) is 6.61 Å². The zero-order valence-electron chi connectivity index (χ0n) is 20.1. The fourth-order valence-electron chi connectivity index (χ4n) is 3.68. The second-order valence-electron chi connectivity index (χ2n) is 8.37. The topological polar surface area (TPSA) is 58.6 Å². The van der Waals surface area contributed by atoms with Crippen LogP contribution in [0, 0.1) is 0 Å². The molecular formula is C28H29Cl3N2O3. The van der Waals surface area contributed by atoms with Crippen LogP contribution in [-0.4, -0.2) is 35.9 Å². The Morgan fingerprint density at radius 3 is 2.39 bits per heavy atom. The standard InChI is InChI=1S/C28H29Cl3N2O3/c1-2-3-14-32-28(35)26(16-20-8-5-4-6-9-20)33(18-21-12-13-24(30)25(31)15-21)27(34)19-36-23-11-7-10-22(29)17-23/h4-13,15,17,26H,2-3,14,16,18-19H2,1H3,(H,32,35)/t26-/m0/s1. The van der Waals surface area contributed by atoms with E-state index in [0.717, 1.165) is 24.0 Å². The van der Waals surface area contributed by atoms with Crippen LogP contribution < -0.4 is 10.1 Å². The van der Waals surface area contributed by atoms with E-state index in [1.54, 1.807) is 47.4 Å². The molecule has 3 aromatic rings. The van der Waals surface area contributed by atoms with Crippen LogP contribution in [0.2, 0.25) is 15.1 Å². The van der Waals surface area contributed by atoms with Crippen LogP contribution in [0.5, 0.6) is 5.75 Å². The van der Waals surface area contributed by atoms with Gasteiger partial charge >= 0.3 is 0 Å². The summed E-state index contributed by atoms with van der Waals surface area (Å²) >= 11 is 18.4. The summed E-state index contributed by atoms with van der Waals surface area (Å²) in [6.45, 7) is 2.50. The lowest BCUT2D eigenvalue weighted by atomic mass is 10.0. The highest BCUT2D eigenvalue weighted by atomic mass is 35.5. The summed E-state index contributed by atoms with van der Waals surface area (Å²) in [5.41, 5.74) is 1.69. The molecule has 8 heteroatoms. The normalized spacial score (nSPS) is 11.6. The summed E-state index contributed by atoms with van der Waals surface area (Å²) in [7, 11) is 0. The van der Waals surface area contributed by atoms with E-state index in [1.807, 2.05) is 30.3 Å². The second-order valence-corrected chi connectivity index (χ2v) is 9.62. The van der Waals surface area contributed by atoms with Gasteiger partial charge in [-0.15, -0.1) is 0 Å². The maximum atomic E-state index is 13.6. The SMILES string of the molecule is CCCCNC(=O)[C@H](Cc1ccccc1)N(Cc1ccc(Cl)c(Cl)c1)C(=O)COc1cccc(Cl)c1. The Labute approximate surface area is 227 Å². The van der Waals surface area contributed by atoms with E-state index in [-0.39, 0.29) is 25.0 Å². The first-order chi connectivity index (χ1) is 17.4. The predicted molar refractivity (Wildman–Crippen MR) is 146 cm³/mol. The molecule has 0 heterocycles. The van der Waals surface area contributed by atoms with Crippen molar-refractivity contribution < 1.29 is 14.3 Å². The third-order valence-electron chi connectivity index (χ3n) is 5.60. The highest BCUT2D eigenvalue weighted by molar-refractivity contribution is 6.42. The Morgan fingerprint density at radius 1 is 0.917 bits per heavy atom. The van der Waals surface area contributed by atoms with Gasteiger partial charge in [-0.1, -0.05) is 90.6 Å². The van der Waals surface area contributed by atoms with Crippen LogP contribution >= 0.6 is 34.8 Å². The van der Waals surface area contributed by atoms with E-state index in [0.29, 0.717) is 33.8 Å². The van der Waals surface area contributed by atoms with Crippen molar-refractivity contribution in [2.75, 3.05) is 13.2 Å². The van der Waals surface area contributed by atoms with Crippen LogP contribution in [0.4, 0.5) is 0 Å². The Hall–Kier alpha value is -2.73. The number of hydrogen-bond donors (Lipinski definition) is 1. The van der Waals surface area contributed by atoms with Crippen LogP contribution in [0.3, 0.4) is 0 Å². The Balaban J connectivity index is 1.90. The number of hydrogen-bond acceptors (Lipinski definition) is 3. The first-order valence-electron chi connectivity index (χ1n) is 11.8. The van der Waals surface area contributed by atoms with Crippen LogP contribution in [-0.2, 0) is 22.6 Å². The van der Waals surface area contributed by atoms with Crippen molar-refractivity contribution in [2.45, 2.75) is 38.8 Å². The van der Waals surface area contributed by atoms with Crippen molar-refractivity contribution in [3.63, 3.8) is 0 Å². The average Bonchev–Trinajstić information content (AvgIpc) is 2.87. The van der Waals surface area contributed by atoms with Gasteiger partial charge < -0.3 is 15.0 Å². The van der Waals surface area contributed by atoms with Gasteiger partial charge in [0.1, 0.15) is 11.8 Å². The smallest absolute Gasteiger partial charge is 0.261 e. The summed E-state index contributed by atoms with van der Waals surface area (Å²) in [4.78, 5) is 28.5. The molecule has 0 bridgehead atoms. The zero-order chi connectivity index (χ0) is 25.9. The summed E-state index contributed by atoms with van der Waals surface area (Å²) in [5, 5.41) is 4.29. The first kappa shape index (κ1) is 27.9. The van der Waals surface area contributed by atoms with Gasteiger partial charge in [-0.25, -0.2) is 0 Å². The Kier molecular flexibility index (Phi) is 10.9. The number of unbranched alkanes of at least 4 members (excludes halogenated alkanes) is 1. The summed E-state index contributed by atoms with van der Waals surface area (Å²) in [5.74, 6) is -0.0894. The van der Waals surface area contributed by atoms with Gasteiger partial charge in [0.2, 0.25) is 5.91 Å². The molecule has 0 saturated heterocycles. The second kappa shape index (κ2) is 14.1. The van der Waals surface area contributed by atoms with Crippen molar-refractivity contribution in [3.8, 4) is 5.75 Å². The maximum absolute atomic E-state index is 13.6. The van der Waals surface area contributed by atoms with Crippen LogP contribution in [0.1, 0.15) is 30.9 Å². The van der Waals surface area contributed by atoms with Gasteiger partial charge in [0.05, 0.1) is 10.0 Å². The lowest BCUT2D eigenvalue weighted by Gasteiger charge is -2.31. The molecule has 0 aliphatic heterocycles. The lowest BCUT2D eigenvalue weighted by molar-refractivity contribution is -0.142. The van der Waals surface area contributed by atoms with E-state index in [4.69, 9.17) is 39.5 Å². The van der Waals surface area contributed by atoms with Gasteiger partial charge in [0, 0.05) is 24.5 Å². The molecule has 2 amide bonds. The summed E-state index contributed by atoms with van der Waals surface area (Å²) in [6.07, 6.45) is 2.15. The molecule has 0 aliphatic carbocycles. The number of carbonyl (C=O) groups excluding carboxylic acids is 2. The monoisotopic (exact) mass is 546 g/mol. The summed E-state index contributed by atoms with van der Waals surface area (Å²) < 4.78 is 5.73. The fourth-order valence-corrected chi connectivity index (χ4v) is 4.18. The molecule has 0 aromatic heterocycles. The predicted octanol–water partition coefficient (Wildman–Crippen LogP) is 6.58. The van der Waals surface area contributed by atoms with Gasteiger partial charge in [0.25, 0.3) is 5.91 Å². The van der Waals surface area contributed by atoms with Crippen LogP contribution in [0.25, 0.3) is 0 Å². The van der Waals surface area contributed by atoms with Crippen molar-refractivity contribution >= 4 is 46.6 Å². The molecule has 3 rings (SSSR count). The minimum absolute atomic E-state index is 0.160. The largest absolute Gasteiger partial charge is 0.484 e. The summed E-state index contributed by atoms with van der Waals surface area (Å²) in [6, 6.07) is 20.9. The van der Waals surface area contributed by atoms with E-state index < -0.39 is 6.04 Å². The molecule has 0 fully saturated rings. The highest BCUT2D eigenvalue weighted by Gasteiger charge is 2.30. The van der Waals surface area contributed by atoms with Gasteiger partial charge in [-0.05, 0) is 47.9 Å². The number of carbonyl (C=O) groups is 2. The van der Waals surface area contributed by atoms with Crippen molar-refractivity contribution in [2.24, 2.45) is 0 Å². The third kappa shape index (κ3) is 8.44. The maximum Gasteiger partial charge on any atom is 0.261 e. The average molecular weight is 548 g/mol. The minimum atomic E-state index is -0.755. The number of rotatable bonds is 12. The zero-order valence-corrected chi connectivity index (χ0v) is 22.3. The Bertz CT molecular complexity index is 1160. The van der Waals surface area contributed by atoms with E-state index in [1.165, 1.54) is 0 Å². The van der Waals surface area contributed by atoms with Crippen molar-refractivity contribution in [1.29, 1.82) is 0 Å². The minimum Gasteiger partial charge on any atom is -0.484 e.